The number of rotatable bonds is 10. The Bertz CT molecular complexity index is 1560. The number of hydrogen-bond acceptors (Lipinski definition) is 7. The maximum atomic E-state index is 13.3. The Morgan fingerprint density at radius 1 is 1.05 bits per heavy atom. The van der Waals surface area contributed by atoms with E-state index in [1.54, 1.807) is 39.4 Å². The molecule has 0 aliphatic carbocycles. The number of anilines is 1. The number of halogens is 1. The van der Waals surface area contributed by atoms with Crippen molar-refractivity contribution in [2.75, 3.05) is 37.6 Å². The number of amides is 2. The van der Waals surface area contributed by atoms with Crippen LogP contribution in [0.1, 0.15) is 44.9 Å². The summed E-state index contributed by atoms with van der Waals surface area (Å²) in [6.07, 6.45) is 2.77. The van der Waals surface area contributed by atoms with Gasteiger partial charge in [-0.3, -0.25) is 19.7 Å². The van der Waals surface area contributed by atoms with E-state index in [1.807, 2.05) is 37.4 Å². The molecular formula is C30H31ClN6O4S. The number of nitro benzene ring substituents is 1. The third kappa shape index (κ3) is 6.63. The Balaban J connectivity index is 1.20. The molecule has 4 aromatic rings. The zero-order valence-electron chi connectivity index (χ0n) is 23.2. The summed E-state index contributed by atoms with van der Waals surface area (Å²) in [7, 11) is 0. The van der Waals surface area contributed by atoms with Gasteiger partial charge in [-0.15, -0.1) is 11.3 Å². The molecule has 1 saturated heterocycles. The van der Waals surface area contributed by atoms with E-state index in [0.29, 0.717) is 62.1 Å². The first kappa shape index (κ1) is 29.3. The number of thiazole rings is 1. The van der Waals surface area contributed by atoms with E-state index in [0.717, 1.165) is 22.8 Å². The van der Waals surface area contributed by atoms with Gasteiger partial charge in [-0.05, 0) is 42.8 Å². The van der Waals surface area contributed by atoms with E-state index in [2.05, 4.69) is 14.5 Å². The van der Waals surface area contributed by atoms with Gasteiger partial charge < -0.3 is 19.3 Å². The molecular weight excluding hydrogens is 576 g/mol. The molecule has 0 saturated carbocycles. The van der Waals surface area contributed by atoms with Crippen molar-refractivity contribution in [2.24, 2.45) is 0 Å². The van der Waals surface area contributed by atoms with Crippen molar-refractivity contribution in [3.05, 3.63) is 109 Å². The standard InChI is InChI=1S/C30H31ClN6O4S/c1-2-13-36(29(38)25-7-3-4-8-26(25)31)19-24-6-5-14-35(24)20-28-32-27(21-42-28)30(39)34-17-15-33(16-18-34)22-9-11-23(12-10-22)37(40)41/h3-12,14,21H,2,13,15-20H2,1H3. The predicted molar refractivity (Wildman–Crippen MR) is 163 cm³/mol. The number of carbonyl (C=O) groups excluding carboxylic acids is 2. The summed E-state index contributed by atoms with van der Waals surface area (Å²) >= 11 is 7.75. The van der Waals surface area contributed by atoms with Crippen LogP contribution in [0.5, 0.6) is 0 Å². The highest BCUT2D eigenvalue weighted by Gasteiger charge is 2.25. The lowest BCUT2D eigenvalue weighted by Gasteiger charge is -2.35. The van der Waals surface area contributed by atoms with Crippen molar-refractivity contribution in [1.82, 2.24) is 19.4 Å². The molecule has 42 heavy (non-hydrogen) atoms. The summed E-state index contributed by atoms with van der Waals surface area (Å²) in [5.41, 5.74) is 2.84. The maximum absolute atomic E-state index is 13.3. The first-order valence-electron chi connectivity index (χ1n) is 13.7. The first-order valence-corrected chi connectivity index (χ1v) is 15.0. The number of nitrogens with zero attached hydrogens (tertiary/aromatic N) is 6. The van der Waals surface area contributed by atoms with E-state index in [-0.39, 0.29) is 17.5 Å². The molecule has 2 aromatic heterocycles. The van der Waals surface area contributed by atoms with Crippen LogP contribution in [0, 0.1) is 10.1 Å². The van der Waals surface area contributed by atoms with Crippen molar-refractivity contribution in [3.8, 4) is 0 Å². The summed E-state index contributed by atoms with van der Waals surface area (Å²) < 4.78 is 2.05. The van der Waals surface area contributed by atoms with Gasteiger partial charge in [0.1, 0.15) is 10.7 Å². The zero-order valence-corrected chi connectivity index (χ0v) is 24.8. The fraction of sp³-hybridized carbons (Fsp3) is 0.300. The van der Waals surface area contributed by atoms with Crippen molar-refractivity contribution < 1.29 is 14.5 Å². The lowest BCUT2D eigenvalue weighted by Crippen LogP contribution is -2.48. The van der Waals surface area contributed by atoms with Crippen LogP contribution in [0.4, 0.5) is 11.4 Å². The van der Waals surface area contributed by atoms with Gasteiger partial charge in [0.2, 0.25) is 0 Å². The molecule has 0 unspecified atom stereocenters. The monoisotopic (exact) mass is 606 g/mol. The molecule has 0 spiro atoms. The van der Waals surface area contributed by atoms with Crippen LogP contribution in [0.3, 0.4) is 0 Å². The van der Waals surface area contributed by atoms with Crippen LogP contribution in [-0.4, -0.2) is 68.8 Å². The van der Waals surface area contributed by atoms with Crippen molar-refractivity contribution in [2.45, 2.75) is 26.4 Å². The number of benzene rings is 2. The Hall–Kier alpha value is -4.22. The molecule has 218 valence electrons. The number of piperazine rings is 1. The second-order valence-electron chi connectivity index (χ2n) is 10.0. The van der Waals surface area contributed by atoms with Gasteiger partial charge in [0.15, 0.2) is 0 Å². The average Bonchev–Trinajstić information content (AvgIpc) is 3.66. The van der Waals surface area contributed by atoms with Gasteiger partial charge in [0.05, 0.1) is 28.6 Å². The Labute approximate surface area is 252 Å². The highest BCUT2D eigenvalue weighted by Crippen LogP contribution is 2.23. The molecule has 1 fully saturated rings. The van der Waals surface area contributed by atoms with E-state index >= 15 is 0 Å². The first-order chi connectivity index (χ1) is 20.3. The zero-order chi connectivity index (χ0) is 29.6. The Morgan fingerprint density at radius 2 is 1.79 bits per heavy atom. The summed E-state index contributed by atoms with van der Waals surface area (Å²) in [6.45, 7) is 5.91. The highest BCUT2D eigenvalue weighted by molar-refractivity contribution is 7.09. The molecule has 2 aromatic carbocycles. The van der Waals surface area contributed by atoms with Crippen molar-refractivity contribution >= 4 is 46.1 Å². The molecule has 12 heteroatoms. The molecule has 5 rings (SSSR count). The van der Waals surface area contributed by atoms with Gasteiger partial charge in [0, 0.05) is 67.8 Å². The topological polar surface area (TPSA) is 105 Å². The second kappa shape index (κ2) is 13.2. The minimum Gasteiger partial charge on any atom is -0.368 e. The van der Waals surface area contributed by atoms with E-state index in [9.17, 15) is 19.7 Å². The van der Waals surface area contributed by atoms with Gasteiger partial charge in [-0.2, -0.15) is 0 Å². The molecule has 1 aliphatic heterocycles. The smallest absolute Gasteiger partial charge is 0.273 e. The van der Waals surface area contributed by atoms with Crippen LogP contribution in [0.2, 0.25) is 5.02 Å². The predicted octanol–water partition coefficient (Wildman–Crippen LogP) is 5.57. The number of aromatic nitrogens is 2. The van der Waals surface area contributed by atoms with Crippen molar-refractivity contribution in [1.29, 1.82) is 0 Å². The summed E-state index contributed by atoms with van der Waals surface area (Å²) in [5.74, 6) is -0.209. The minimum absolute atomic E-state index is 0.0582. The van der Waals surface area contributed by atoms with Crippen LogP contribution < -0.4 is 4.90 Å². The molecule has 2 amide bonds. The summed E-state index contributed by atoms with van der Waals surface area (Å²) in [6, 6.07) is 17.5. The lowest BCUT2D eigenvalue weighted by molar-refractivity contribution is -0.384. The lowest BCUT2D eigenvalue weighted by atomic mass is 10.2. The maximum Gasteiger partial charge on any atom is 0.273 e. The SMILES string of the molecule is CCCN(Cc1cccn1Cc1nc(C(=O)N2CCN(c3ccc([N+](=O)[O-])cc3)CC2)cs1)C(=O)c1ccccc1Cl. The molecule has 0 atom stereocenters. The number of non-ortho nitro benzene ring substituents is 1. The number of nitro groups is 1. The molecule has 0 bridgehead atoms. The van der Waals surface area contributed by atoms with E-state index in [4.69, 9.17) is 11.6 Å². The second-order valence-corrected chi connectivity index (χ2v) is 11.4. The van der Waals surface area contributed by atoms with Crippen LogP contribution in [-0.2, 0) is 13.1 Å². The van der Waals surface area contributed by atoms with Crippen LogP contribution in [0.25, 0.3) is 0 Å². The highest BCUT2D eigenvalue weighted by atomic mass is 35.5. The molecule has 0 N–H and O–H groups in total. The average molecular weight is 607 g/mol. The quantitative estimate of drug-likeness (QED) is 0.173. The van der Waals surface area contributed by atoms with E-state index in [1.165, 1.54) is 23.5 Å². The fourth-order valence-corrected chi connectivity index (χ4v) is 5.99. The summed E-state index contributed by atoms with van der Waals surface area (Å²) in [5, 5.41) is 14.0. The normalized spacial score (nSPS) is 13.3. The molecule has 3 heterocycles. The Morgan fingerprint density at radius 3 is 2.48 bits per heavy atom. The number of hydrogen-bond donors (Lipinski definition) is 0. The summed E-state index contributed by atoms with van der Waals surface area (Å²) in [4.78, 5) is 47.4. The van der Waals surface area contributed by atoms with Gasteiger partial charge in [-0.1, -0.05) is 30.7 Å². The molecule has 0 radical (unpaired) electrons. The van der Waals surface area contributed by atoms with Crippen LogP contribution in [0.15, 0.2) is 72.2 Å². The van der Waals surface area contributed by atoms with Crippen LogP contribution >= 0.6 is 22.9 Å². The Kier molecular flexibility index (Phi) is 9.19. The van der Waals surface area contributed by atoms with Crippen molar-refractivity contribution in [3.63, 3.8) is 0 Å². The molecule has 1 aliphatic rings. The van der Waals surface area contributed by atoms with Gasteiger partial charge in [-0.25, -0.2) is 4.98 Å². The van der Waals surface area contributed by atoms with E-state index < -0.39 is 4.92 Å². The van der Waals surface area contributed by atoms with Gasteiger partial charge >= 0.3 is 0 Å². The fourth-order valence-electron chi connectivity index (χ4n) is 5.01. The third-order valence-electron chi connectivity index (χ3n) is 7.23. The minimum atomic E-state index is -0.413. The molecule has 10 nitrogen and oxygen atoms in total. The third-order valence-corrected chi connectivity index (χ3v) is 8.39. The van der Waals surface area contributed by atoms with Gasteiger partial charge in [0.25, 0.3) is 17.5 Å². The number of carbonyl (C=O) groups is 2. The largest absolute Gasteiger partial charge is 0.368 e.